The first-order valence-electron chi connectivity index (χ1n) is 7.42. The topological polar surface area (TPSA) is 52.6 Å². The Bertz CT molecular complexity index is 583. The van der Waals surface area contributed by atoms with Crippen molar-refractivity contribution in [3.63, 3.8) is 0 Å². The van der Waals surface area contributed by atoms with Crippen LogP contribution in [0.15, 0.2) is 18.2 Å². The van der Waals surface area contributed by atoms with Crippen molar-refractivity contribution in [3.05, 3.63) is 29.3 Å². The van der Waals surface area contributed by atoms with Crippen LogP contribution in [0.1, 0.15) is 30.4 Å². The molecule has 0 aliphatic carbocycles. The maximum absolute atomic E-state index is 12.2. The van der Waals surface area contributed by atoms with Gasteiger partial charge in [-0.1, -0.05) is 12.1 Å². The second-order valence-electron chi connectivity index (χ2n) is 6.03. The van der Waals surface area contributed by atoms with Gasteiger partial charge in [-0.2, -0.15) is 0 Å². The summed E-state index contributed by atoms with van der Waals surface area (Å²) in [5.41, 5.74) is 3.79. The fraction of sp³-hybridized carbons (Fsp3) is 0.500. The average Bonchev–Trinajstić information content (AvgIpc) is 2.78. The molecular weight excluding hydrogens is 266 g/mol. The molecule has 0 spiro atoms. The second-order valence-corrected chi connectivity index (χ2v) is 6.03. The van der Waals surface area contributed by atoms with E-state index in [2.05, 4.69) is 33.3 Å². The molecule has 2 aliphatic rings. The van der Waals surface area contributed by atoms with Crippen molar-refractivity contribution in [2.75, 3.05) is 19.0 Å². The Balaban J connectivity index is 1.82. The minimum absolute atomic E-state index is 0.142. The van der Waals surface area contributed by atoms with Crippen molar-refractivity contribution in [2.45, 2.75) is 38.4 Å². The fourth-order valence-electron chi connectivity index (χ4n) is 3.29. The zero-order chi connectivity index (χ0) is 15.0. The van der Waals surface area contributed by atoms with Crippen LogP contribution < -0.4 is 10.2 Å². The zero-order valence-electron chi connectivity index (χ0n) is 12.6. The first-order valence-corrected chi connectivity index (χ1v) is 7.42. The van der Waals surface area contributed by atoms with Gasteiger partial charge in [0, 0.05) is 39.3 Å². The minimum atomic E-state index is -0.195. The van der Waals surface area contributed by atoms with Crippen LogP contribution in [0.3, 0.4) is 0 Å². The Morgan fingerprint density at radius 2 is 2.05 bits per heavy atom. The van der Waals surface area contributed by atoms with Crippen molar-refractivity contribution < 1.29 is 9.59 Å². The molecule has 0 radical (unpaired) electrons. The number of anilines is 1. The molecule has 1 aromatic carbocycles. The number of nitrogens with one attached hydrogen (secondary N) is 1. The van der Waals surface area contributed by atoms with Gasteiger partial charge < -0.3 is 4.90 Å². The van der Waals surface area contributed by atoms with E-state index in [-0.39, 0.29) is 17.9 Å². The van der Waals surface area contributed by atoms with E-state index >= 15 is 0 Å². The summed E-state index contributed by atoms with van der Waals surface area (Å²) in [7, 11) is 4.07. The molecule has 0 aromatic heterocycles. The summed E-state index contributed by atoms with van der Waals surface area (Å²) in [4.78, 5) is 28.0. The van der Waals surface area contributed by atoms with Gasteiger partial charge in [-0.05, 0) is 30.0 Å². The van der Waals surface area contributed by atoms with E-state index in [1.165, 1.54) is 16.8 Å². The van der Waals surface area contributed by atoms with Crippen LogP contribution >= 0.6 is 0 Å². The van der Waals surface area contributed by atoms with E-state index in [0.717, 1.165) is 25.9 Å². The summed E-state index contributed by atoms with van der Waals surface area (Å²) >= 11 is 0. The third-order valence-corrected chi connectivity index (χ3v) is 4.35. The summed E-state index contributed by atoms with van der Waals surface area (Å²) in [5.74, 6) is -0.287. The lowest BCUT2D eigenvalue weighted by Crippen LogP contribution is -2.44. The van der Waals surface area contributed by atoms with E-state index in [0.29, 0.717) is 6.42 Å². The van der Waals surface area contributed by atoms with Crippen LogP contribution in [0, 0.1) is 0 Å². The normalized spacial score (nSPS) is 22.7. The Hall–Kier alpha value is -1.88. The third kappa shape index (κ3) is 2.65. The number of fused-ring (bicyclic) bond motifs is 1. The van der Waals surface area contributed by atoms with Crippen LogP contribution in [-0.2, 0) is 22.7 Å². The largest absolute Gasteiger partial charge is 0.377 e. The highest BCUT2D eigenvalue weighted by Gasteiger charge is 2.34. The predicted molar refractivity (Wildman–Crippen MR) is 80.8 cm³/mol. The number of nitrogens with zero attached hydrogens (tertiary/aromatic N) is 2. The predicted octanol–water partition coefficient (Wildman–Crippen LogP) is 1.26. The van der Waals surface area contributed by atoms with Gasteiger partial charge >= 0.3 is 0 Å². The van der Waals surface area contributed by atoms with E-state index in [1.807, 2.05) is 14.1 Å². The third-order valence-electron chi connectivity index (χ3n) is 4.35. The second kappa shape index (κ2) is 5.48. The number of imide groups is 1. The molecule has 1 aromatic rings. The van der Waals surface area contributed by atoms with Crippen molar-refractivity contribution in [2.24, 2.45) is 0 Å². The van der Waals surface area contributed by atoms with Crippen molar-refractivity contribution >= 4 is 17.5 Å². The summed E-state index contributed by atoms with van der Waals surface area (Å²) in [6.45, 7) is 1.55. The van der Waals surface area contributed by atoms with Gasteiger partial charge in [0.2, 0.25) is 11.8 Å². The number of benzene rings is 1. The lowest BCUT2D eigenvalue weighted by atomic mass is 10.1. The molecule has 0 saturated carbocycles. The Labute approximate surface area is 124 Å². The molecule has 2 amide bonds. The molecule has 112 valence electrons. The molecule has 5 heteroatoms. The van der Waals surface area contributed by atoms with Gasteiger partial charge in [-0.25, -0.2) is 0 Å². The molecule has 2 heterocycles. The summed E-state index contributed by atoms with van der Waals surface area (Å²) in [6, 6.07) is 6.11. The average molecular weight is 287 g/mol. The first kappa shape index (κ1) is 14.1. The summed E-state index contributed by atoms with van der Waals surface area (Å²) in [6.07, 6.45) is 1.98. The lowest BCUT2D eigenvalue weighted by molar-refractivity contribution is -0.132. The van der Waals surface area contributed by atoms with Crippen molar-refractivity contribution in [1.29, 1.82) is 0 Å². The molecule has 3 rings (SSSR count). The number of rotatable bonds is 2. The number of carbonyl (C=O) groups excluding carboxylic acids is 2. The molecule has 21 heavy (non-hydrogen) atoms. The van der Waals surface area contributed by atoms with E-state index in [9.17, 15) is 9.59 Å². The van der Waals surface area contributed by atoms with E-state index < -0.39 is 0 Å². The molecule has 1 atom stereocenters. The maximum Gasteiger partial charge on any atom is 0.243 e. The molecule has 5 nitrogen and oxygen atoms in total. The van der Waals surface area contributed by atoms with Gasteiger partial charge in [0.05, 0.1) is 6.04 Å². The number of carbonyl (C=O) groups is 2. The number of amides is 2. The van der Waals surface area contributed by atoms with Gasteiger partial charge in [0.15, 0.2) is 0 Å². The molecule has 1 saturated heterocycles. The van der Waals surface area contributed by atoms with E-state index in [4.69, 9.17) is 0 Å². The maximum atomic E-state index is 12.2. The lowest BCUT2D eigenvalue weighted by Gasteiger charge is -2.24. The standard InChI is InChI=1S/C16H21N3O2/c1-18(2)13-6-3-5-11-9-19(10-12(11)13)14-7-4-8-15(20)17-16(14)21/h3,5-6,14H,4,7-10H2,1-2H3,(H,17,20,21)/t14-/m0/s1. The molecule has 0 unspecified atom stereocenters. The van der Waals surface area contributed by atoms with Crippen LogP contribution in [-0.4, -0.2) is 36.9 Å². The highest BCUT2D eigenvalue weighted by molar-refractivity contribution is 5.98. The fourth-order valence-corrected chi connectivity index (χ4v) is 3.29. The monoisotopic (exact) mass is 287 g/mol. The number of hydrogen-bond acceptors (Lipinski definition) is 4. The van der Waals surface area contributed by atoms with Crippen LogP contribution in [0.2, 0.25) is 0 Å². The van der Waals surface area contributed by atoms with Gasteiger partial charge in [-0.15, -0.1) is 0 Å². The van der Waals surface area contributed by atoms with Gasteiger partial charge in [-0.3, -0.25) is 19.8 Å². The van der Waals surface area contributed by atoms with Crippen LogP contribution in [0.4, 0.5) is 5.69 Å². The highest BCUT2D eigenvalue weighted by Crippen LogP contribution is 2.33. The summed E-state index contributed by atoms with van der Waals surface area (Å²) < 4.78 is 0. The van der Waals surface area contributed by atoms with Crippen LogP contribution in [0.25, 0.3) is 0 Å². The summed E-state index contributed by atoms with van der Waals surface area (Å²) in [5, 5.41) is 2.50. The molecular formula is C16H21N3O2. The number of hydrogen-bond donors (Lipinski definition) is 1. The SMILES string of the molecule is CN(C)c1cccc2c1CN([C@H]1CCCC(=O)NC1=O)C2. The molecule has 2 aliphatic heterocycles. The molecule has 0 bridgehead atoms. The van der Waals surface area contributed by atoms with Crippen molar-refractivity contribution in [1.82, 2.24) is 10.2 Å². The van der Waals surface area contributed by atoms with Gasteiger partial charge in [0.25, 0.3) is 0 Å². The highest BCUT2D eigenvalue weighted by atomic mass is 16.2. The Morgan fingerprint density at radius 3 is 2.81 bits per heavy atom. The Kier molecular flexibility index (Phi) is 3.68. The smallest absolute Gasteiger partial charge is 0.243 e. The molecule has 1 N–H and O–H groups in total. The van der Waals surface area contributed by atoms with Crippen LogP contribution in [0.5, 0.6) is 0 Å². The molecule has 1 fully saturated rings. The van der Waals surface area contributed by atoms with E-state index in [1.54, 1.807) is 0 Å². The van der Waals surface area contributed by atoms with Crippen molar-refractivity contribution in [3.8, 4) is 0 Å². The quantitative estimate of drug-likeness (QED) is 0.832. The minimum Gasteiger partial charge on any atom is -0.377 e. The zero-order valence-corrected chi connectivity index (χ0v) is 12.6. The van der Waals surface area contributed by atoms with Gasteiger partial charge in [0.1, 0.15) is 0 Å². The first-order chi connectivity index (χ1) is 10.1. The Morgan fingerprint density at radius 1 is 1.24 bits per heavy atom.